The maximum atomic E-state index is 13.4. The summed E-state index contributed by atoms with van der Waals surface area (Å²) in [5.41, 5.74) is 3.87. The van der Waals surface area contributed by atoms with Crippen LogP contribution in [0.15, 0.2) is 48.5 Å². The topological polar surface area (TPSA) is 91.3 Å². The third-order valence-corrected chi connectivity index (χ3v) is 6.35. The van der Waals surface area contributed by atoms with E-state index >= 15 is 0 Å². The Hall–Kier alpha value is -3.72. The number of carboxylic acids is 1. The summed E-state index contributed by atoms with van der Waals surface area (Å²) in [6.45, 7) is 2.32. The van der Waals surface area contributed by atoms with Gasteiger partial charge in [-0.05, 0) is 42.8 Å². The Kier molecular flexibility index (Phi) is 5.80. The monoisotopic (exact) mass is 498 g/mol. The Labute approximate surface area is 204 Å². The lowest BCUT2D eigenvalue weighted by molar-refractivity contribution is -0.0220. The number of imidazole rings is 1. The highest BCUT2D eigenvalue weighted by molar-refractivity contribution is 6.33. The zero-order valence-corrected chi connectivity index (χ0v) is 19.4. The van der Waals surface area contributed by atoms with E-state index in [1.165, 1.54) is 6.07 Å². The number of hydrogen-bond acceptors (Lipinski definition) is 5. The molecule has 0 aliphatic carbocycles. The average molecular weight is 499 g/mol. The first-order chi connectivity index (χ1) is 16.7. The minimum Gasteiger partial charge on any atom is -0.478 e. The fourth-order valence-electron chi connectivity index (χ4n) is 4.08. The predicted octanol–water partition coefficient (Wildman–Crippen LogP) is 6.31. The van der Waals surface area contributed by atoms with E-state index in [0.717, 1.165) is 11.3 Å². The van der Waals surface area contributed by atoms with Crippen LogP contribution in [0.5, 0.6) is 11.8 Å². The first-order valence-electron chi connectivity index (χ1n) is 11.0. The number of anilines is 1. The van der Waals surface area contributed by atoms with Gasteiger partial charge in [0.05, 0.1) is 21.8 Å². The molecule has 1 aliphatic heterocycles. The number of fused-ring (bicyclic) bond motifs is 1. The van der Waals surface area contributed by atoms with Gasteiger partial charge in [0.2, 0.25) is 0 Å². The van der Waals surface area contributed by atoms with Gasteiger partial charge in [-0.2, -0.15) is 4.98 Å². The first kappa shape index (κ1) is 23.0. The van der Waals surface area contributed by atoms with E-state index in [1.807, 2.05) is 29.2 Å². The molecule has 1 saturated heterocycles. The lowest BCUT2D eigenvalue weighted by Gasteiger charge is -2.33. The lowest BCUT2D eigenvalue weighted by Crippen LogP contribution is -2.39. The zero-order valence-electron chi connectivity index (χ0n) is 18.7. The number of benzene rings is 2. The van der Waals surface area contributed by atoms with Crippen molar-refractivity contribution in [3.05, 3.63) is 64.7 Å². The molecule has 35 heavy (non-hydrogen) atoms. The molecule has 0 saturated carbocycles. The first-order valence-corrected chi connectivity index (χ1v) is 11.4. The number of pyridine rings is 1. The Morgan fingerprint density at radius 2 is 1.83 bits per heavy atom. The minimum absolute atomic E-state index is 0.142. The summed E-state index contributed by atoms with van der Waals surface area (Å²) in [7, 11) is 0. The number of ether oxygens (including phenoxy) is 1. The fourth-order valence-corrected chi connectivity index (χ4v) is 4.34. The van der Waals surface area contributed by atoms with E-state index in [1.54, 1.807) is 25.1 Å². The Balaban J connectivity index is 1.38. The van der Waals surface area contributed by atoms with Crippen molar-refractivity contribution < 1.29 is 23.4 Å². The number of nitrogens with zero attached hydrogens (tertiary/aromatic N) is 3. The number of carbonyl (C=O) groups is 1. The van der Waals surface area contributed by atoms with Crippen LogP contribution in [0.4, 0.5) is 14.5 Å². The largest absolute Gasteiger partial charge is 0.478 e. The Bertz CT molecular complexity index is 1410. The molecule has 180 valence electrons. The molecule has 2 aromatic heterocycles. The van der Waals surface area contributed by atoms with Gasteiger partial charge in [0, 0.05) is 37.2 Å². The van der Waals surface area contributed by atoms with Gasteiger partial charge < -0.3 is 19.7 Å². The quantitative estimate of drug-likeness (QED) is 0.335. The number of nitrogens with one attached hydrogen (secondary N) is 1. The normalized spacial score (nSPS) is 15.4. The summed E-state index contributed by atoms with van der Waals surface area (Å²) in [5, 5.41) is 9.72. The highest BCUT2D eigenvalue weighted by Crippen LogP contribution is 2.34. The number of carboxylic acid groups (broad SMARTS) is 1. The third-order valence-electron chi connectivity index (χ3n) is 6.06. The summed E-state index contributed by atoms with van der Waals surface area (Å²) >= 11 is 6.49. The SMILES string of the molecule is Cc1ccc(Oc2nc3nc(-c4ccc(N5CCC(F)(F)CC5)cc4)c(Cl)cc3[nH]2)cc1C(=O)O. The minimum atomic E-state index is -2.59. The standard InChI is InChI=1S/C25H21ClF2N4O3/c1-14-2-7-17(12-18(14)23(33)34)35-24-29-20-13-19(26)21(30-22(20)31-24)15-3-5-16(6-4-15)32-10-8-25(27,28)9-11-32/h2-7,12-13H,8-11H2,1H3,(H,33,34)(H,29,30,31). The highest BCUT2D eigenvalue weighted by Gasteiger charge is 2.34. The van der Waals surface area contributed by atoms with E-state index in [-0.39, 0.29) is 24.4 Å². The molecule has 0 spiro atoms. The number of aromatic carboxylic acids is 1. The van der Waals surface area contributed by atoms with Crippen molar-refractivity contribution in [1.82, 2.24) is 15.0 Å². The summed E-state index contributed by atoms with van der Waals surface area (Å²) in [6.07, 6.45) is -0.300. The number of rotatable bonds is 5. The predicted molar refractivity (Wildman–Crippen MR) is 129 cm³/mol. The molecule has 4 aromatic rings. The van der Waals surface area contributed by atoms with Crippen molar-refractivity contribution in [3.63, 3.8) is 0 Å². The van der Waals surface area contributed by atoms with Crippen molar-refractivity contribution in [2.45, 2.75) is 25.7 Å². The van der Waals surface area contributed by atoms with E-state index in [9.17, 15) is 18.7 Å². The zero-order chi connectivity index (χ0) is 24.7. The van der Waals surface area contributed by atoms with Crippen LogP contribution in [-0.4, -0.2) is 45.0 Å². The molecule has 2 N–H and O–H groups in total. The van der Waals surface area contributed by atoms with Gasteiger partial charge in [-0.1, -0.05) is 29.8 Å². The maximum Gasteiger partial charge on any atom is 0.336 e. The number of aryl methyl sites for hydroxylation is 1. The fraction of sp³-hybridized carbons (Fsp3) is 0.240. The molecule has 2 aromatic carbocycles. The van der Waals surface area contributed by atoms with Crippen LogP contribution < -0.4 is 9.64 Å². The van der Waals surface area contributed by atoms with Crippen LogP contribution in [0.1, 0.15) is 28.8 Å². The number of halogens is 3. The lowest BCUT2D eigenvalue weighted by atomic mass is 10.0. The van der Waals surface area contributed by atoms with Crippen LogP contribution in [0.2, 0.25) is 5.02 Å². The van der Waals surface area contributed by atoms with Crippen LogP contribution in [0.3, 0.4) is 0 Å². The van der Waals surface area contributed by atoms with Crippen molar-refractivity contribution in [2.24, 2.45) is 0 Å². The number of piperidine rings is 1. The number of alkyl halides is 2. The summed E-state index contributed by atoms with van der Waals surface area (Å²) in [4.78, 5) is 25.2. The van der Waals surface area contributed by atoms with E-state index in [0.29, 0.717) is 46.3 Å². The Morgan fingerprint density at radius 1 is 1.11 bits per heavy atom. The Morgan fingerprint density at radius 3 is 2.51 bits per heavy atom. The van der Waals surface area contributed by atoms with Crippen molar-refractivity contribution in [1.29, 1.82) is 0 Å². The molecule has 1 aliphatic rings. The van der Waals surface area contributed by atoms with Gasteiger partial charge in [-0.3, -0.25) is 0 Å². The molecule has 7 nitrogen and oxygen atoms in total. The molecule has 10 heteroatoms. The van der Waals surface area contributed by atoms with E-state index < -0.39 is 11.9 Å². The van der Waals surface area contributed by atoms with Gasteiger partial charge in [-0.15, -0.1) is 0 Å². The highest BCUT2D eigenvalue weighted by atomic mass is 35.5. The van der Waals surface area contributed by atoms with Gasteiger partial charge in [0.25, 0.3) is 5.92 Å². The van der Waals surface area contributed by atoms with Crippen LogP contribution in [-0.2, 0) is 0 Å². The molecular weight excluding hydrogens is 478 g/mol. The van der Waals surface area contributed by atoms with Gasteiger partial charge in [0.15, 0.2) is 5.65 Å². The second-order valence-corrected chi connectivity index (χ2v) is 8.91. The van der Waals surface area contributed by atoms with Crippen LogP contribution in [0, 0.1) is 6.92 Å². The molecule has 0 unspecified atom stereocenters. The summed E-state index contributed by atoms with van der Waals surface area (Å²) in [5.74, 6) is -3.31. The molecule has 1 fully saturated rings. The smallest absolute Gasteiger partial charge is 0.336 e. The maximum absolute atomic E-state index is 13.4. The second kappa shape index (κ2) is 8.81. The number of aromatic amines is 1. The van der Waals surface area contributed by atoms with Gasteiger partial charge in [0.1, 0.15) is 5.75 Å². The van der Waals surface area contributed by atoms with Gasteiger partial charge >= 0.3 is 12.0 Å². The van der Waals surface area contributed by atoms with Crippen LogP contribution >= 0.6 is 11.6 Å². The van der Waals surface area contributed by atoms with Crippen molar-refractivity contribution in [3.8, 4) is 23.0 Å². The molecular formula is C25H21ClF2N4O3. The van der Waals surface area contributed by atoms with Crippen molar-refractivity contribution >= 4 is 34.4 Å². The van der Waals surface area contributed by atoms with E-state index in [2.05, 4.69) is 15.0 Å². The molecule has 0 atom stereocenters. The molecule has 0 bridgehead atoms. The molecule has 0 radical (unpaired) electrons. The van der Waals surface area contributed by atoms with E-state index in [4.69, 9.17) is 16.3 Å². The van der Waals surface area contributed by atoms with Gasteiger partial charge in [-0.25, -0.2) is 18.6 Å². The number of hydrogen-bond donors (Lipinski definition) is 2. The summed E-state index contributed by atoms with van der Waals surface area (Å²) < 4.78 is 32.6. The molecule has 5 rings (SSSR count). The van der Waals surface area contributed by atoms with Crippen LogP contribution in [0.25, 0.3) is 22.4 Å². The average Bonchev–Trinajstić information content (AvgIpc) is 3.20. The number of aromatic nitrogens is 3. The second-order valence-electron chi connectivity index (χ2n) is 8.51. The third kappa shape index (κ3) is 4.77. The number of H-pyrrole nitrogens is 1. The molecule has 3 heterocycles. The summed E-state index contributed by atoms with van der Waals surface area (Å²) in [6, 6.07) is 14.0. The molecule has 0 amide bonds. The van der Waals surface area contributed by atoms with Crippen molar-refractivity contribution in [2.75, 3.05) is 18.0 Å².